The van der Waals surface area contributed by atoms with Crippen LogP contribution in [0, 0.1) is 5.92 Å². The zero-order chi connectivity index (χ0) is 12.8. The lowest BCUT2D eigenvalue weighted by molar-refractivity contribution is -0.151. The van der Waals surface area contributed by atoms with Gasteiger partial charge in [0.15, 0.2) is 0 Å². The lowest BCUT2D eigenvalue weighted by Gasteiger charge is -2.16. The van der Waals surface area contributed by atoms with E-state index in [1.165, 1.54) is 0 Å². The maximum Gasteiger partial charge on any atom is 0.310 e. The number of amides is 1. The van der Waals surface area contributed by atoms with Crippen LogP contribution < -0.4 is 10.6 Å². The van der Waals surface area contributed by atoms with Crippen molar-refractivity contribution in [3.63, 3.8) is 0 Å². The van der Waals surface area contributed by atoms with Gasteiger partial charge in [-0.05, 0) is 13.8 Å². The van der Waals surface area contributed by atoms with E-state index in [1.54, 1.807) is 18.7 Å². The number of ether oxygens (including phenoxy) is 1. The number of esters is 1. The van der Waals surface area contributed by atoms with Crippen molar-refractivity contribution in [2.75, 3.05) is 18.2 Å². The first-order valence-electron chi connectivity index (χ1n) is 5.80. The van der Waals surface area contributed by atoms with Gasteiger partial charge in [-0.3, -0.25) is 14.9 Å². The molecule has 0 spiro atoms. The number of nitrogens with one attached hydrogen (secondary N) is 2. The molecule has 0 aromatic heterocycles. The quantitative estimate of drug-likeness (QED) is 0.734. The van der Waals surface area contributed by atoms with Crippen LogP contribution in [-0.4, -0.2) is 42.2 Å². The molecule has 1 fully saturated rings. The van der Waals surface area contributed by atoms with E-state index in [4.69, 9.17) is 4.74 Å². The van der Waals surface area contributed by atoms with Crippen molar-refractivity contribution in [2.45, 2.75) is 32.9 Å². The van der Waals surface area contributed by atoms with Gasteiger partial charge in [-0.25, -0.2) is 0 Å². The van der Waals surface area contributed by atoms with Crippen LogP contribution in [-0.2, 0) is 14.3 Å². The SMILES string of the molecule is CC(C)OC(=O)C(C)CNC(=O)C1CSCN1.Cl. The number of hydrogen-bond acceptors (Lipinski definition) is 5. The highest BCUT2D eigenvalue weighted by Crippen LogP contribution is 2.09. The summed E-state index contributed by atoms with van der Waals surface area (Å²) in [5, 5.41) is 5.84. The maximum atomic E-state index is 11.7. The van der Waals surface area contributed by atoms with Gasteiger partial charge in [0.2, 0.25) is 5.91 Å². The van der Waals surface area contributed by atoms with Crippen LogP contribution in [0.3, 0.4) is 0 Å². The Bertz CT molecular complexity index is 283. The molecule has 0 radical (unpaired) electrons. The summed E-state index contributed by atoms with van der Waals surface area (Å²) in [5.74, 6) is 0.975. The molecule has 106 valence electrons. The molecule has 0 bridgehead atoms. The molecule has 1 amide bonds. The number of hydrogen-bond donors (Lipinski definition) is 2. The topological polar surface area (TPSA) is 67.4 Å². The minimum atomic E-state index is -0.310. The first kappa shape index (κ1) is 17.5. The average Bonchev–Trinajstić information content (AvgIpc) is 2.77. The molecule has 1 saturated heterocycles. The highest BCUT2D eigenvalue weighted by Gasteiger charge is 2.23. The molecule has 0 saturated carbocycles. The fraction of sp³-hybridized carbons (Fsp3) is 0.818. The summed E-state index contributed by atoms with van der Waals surface area (Å²) < 4.78 is 5.06. The van der Waals surface area contributed by atoms with E-state index >= 15 is 0 Å². The summed E-state index contributed by atoms with van der Waals surface area (Å²) in [6.45, 7) is 5.70. The average molecular weight is 297 g/mol. The molecule has 2 N–H and O–H groups in total. The van der Waals surface area contributed by atoms with Gasteiger partial charge in [-0.1, -0.05) is 6.92 Å². The third-order valence-corrected chi connectivity index (χ3v) is 3.31. The minimum absolute atomic E-state index is 0. The Labute approximate surface area is 118 Å². The summed E-state index contributed by atoms with van der Waals surface area (Å²) in [6, 6.07) is -0.131. The number of halogens is 1. The molecule has 0 aromatic carbocycles. The second-order valence-corrected chi connectivity index (χ2v) is 5.43. The lowest BCUT2D eigenvalue weighted by atomic mass is 10.2. The van der Waals surface area contributed by atoms with Gasteiger partial charge in [-0.15, -0.1) is 24.2 Å². The number of rotatable bonds is 5. The van der Waals surface area contributed by atoms with E-state index in [9.17, 15) is 9.59 Å². The van der Waals surface area contributed by atoms with Crippen molar-refractivity contribution >= 4 is 36.0 Å². The van der Waals surface area contributed by atoms with Gasteiger partial charge in [0.1, 0.15) is 0 Å². The van der Waals surface area contributed by atoms with Gasteiger partial charge >= 0.3 is 5.97 Å². The molecule has 2 unspecified atom stereocenters. The van der Waals surface area contributed by atoms with Gasteiger partial charge in [0, 0.05) is 18.2 Å². The van der Waals surface area contributed by atoms with E-state index in [0.29, 0.717) is 6.54 Å². The Kier molecular flexibility index (Phi) is 8.39. The fourth-order valence-electron chi connectivity index (χ4n) is 1.37. The van der Waals surface area contributed by atoms with E-state index in [2.05, 4.69) is 10.6 Å². The van der Waals surface area contributed by atoms with Crippen LogP contribution in [0.5, 0.6) is 0 Å². The molecule has 1 rings (SSSR count). The number of thioether (sulfide) groups is 1. The van der Waals surface area contributed by atoms with Crippen LogP contribution in [0.4, 0.5) is 0 Å². The lowest BCUT2D eigenvalue weighted by Crippen LogP contribution is -2.44. The van der Waals surface area contributed by atoms with Gasteiger partial charge in [-0.2, -0.15) is 0 Å². The zero-order valence-corrected chi connectivity index (χ0v) is 12.5. The summed E-state index contributed by atoms with van der Waals surface area (Å²) in [5.41, 5.74) is 0. The van der Waals surface area contributed by atoms with Gasteiger partial charge in [0.25, 0.3) is 0 Å². The summed E-state index contributed by atoms with van der Waals surface area (Å²) in [4.78, 5) is 23.1. The van der Waals surface area contributed by atoms with Gasteiger partial charge in [0.05, 0.1) is 18.1 Å². The molecule has 2 atom stereocenters. The first-order chi connectivity index (χ1) is 8.00. The Hall–Kier alpha value is -0.460. The van der Waals surface area contributed by atoms with Crippen molar-refractivity contribution < 1.29 is 14.3 Å². The molecule has 18 heavy (non-hydrogen) atoms. The largest absolute Gasteiger partial charge is 0.463 e. The van der Waals surface area contributed by atoms with Crippen LogP contribution in [0.25, 0.3) is 0 Å². The third kappa shape index (κ3) is 5.93. The minimum Gasteiger partial charge on any atom is -0.463 e. The second-order valence-electron chi connectivity index (χ2n) is 4.40. The number of carbonyl (C=O) groups excluding carboxylic acids is 2. The van der Waals surface area contributed by atoms with E-state index in [0.717, 1.165) is 11.6 Å². The van der Waals surface area contributed by atoms with Crippen molar-refractivity contribution in [2.24, 2.45) is 5.92 Å². The van der Waals surface area contributed by atoms with Crippen LogP contribution in [0.1, 0.15) is 20.8 Å². The van der Waals surface area contributed by atoms with E-state index in [-0.39, 0.29) is 42.3 Å². The Balaban J connectivity index is 0.00000289. The molecule has 1 heterocycles. The van der Waals surface area contributed by atoms with E-state index in [1.807, 2.05) is 13.8 Å². The van der Waals surface area contributed by atoms with Crippen molar-refractivity contribution in [1.82, 2.24) is 10.6 Å². The smallest absolute Gasteiger partial charge is 0.310 e. The molecular formula is C11H21ClN2O3S. The second kappa shape index (κ2) is 8.61. The van der Waals surface area contributed by atoms with Gasteiger partial charge < -0.3 is 10.1 Å². The van der Waals surface area contributed by atoms with Crippen LogP contribution >= 0.6 is 24.2 Å². The van der Waals surface area contributed by atoms with Crippen LogP contribution in [0.2, 0.25) is 0 Å². The Morgan fingerprint density at radius 1 is 1.44 bits per heavy atom. The van der Waals surface area contributed by atoms with Crippen molar-refractivity contribution in [3.05, 3.63) is 0 Å². The monoisotopic (exact) mass is 296 g/mol. The molecule has 1 aliphatic heterocycles. The van der Waals surface area contributed by atoms with Crippen molar-refractivity contribution in [1.29, 1.82) is 0 Å². The van der Waals surface area contributed by atoms with Crippen LogP contribution in [0.15, 0.2) is 0 Å². The van der Waals surface area contributed by atoms with E-state index < -0.39 is 0 Å². The van der Waals surface area contributed by atoms with Crippen molar-refractivity contribution in [3.8, 4) is 0 Å². The molecule has 0 aromatic rings. The highest BCUT2D eigenvalue weighted by molar-refractivity contribution is 7.99. The fourth-order valence-corrected chi connectivity index (χ4v) is 2.31. The Morgan fingerprint density at radius 3 is 2.61 bits per heavy atom. The predicted octanol–water partition coefficient (Wildman–Crippen LogP) is 0.775. The maximum absolute atomic E-state index is 11.7. The normalized spacial score (nSPS) is 20.1. The Morgan fingerprint density at radius 2 is 2.11 bits per heavy atom. The first-order valence-corrected chi connectivity index (χ1v) is 6.95. The third-order valence-electron chi connectivity index (χ3n) is 2.37. The predicted molar refractivity (Wildman–Crippen MR) is 74.9 cm³/mol. The standard InChI is InChI=1S/C11H20N2O3S.ClH/c1-7(2)16-11(15)8(3)4-12-10(14)9-5-17-6-13-9;/h7-9,13H,4-6H2,1-3H3,(H,12,14);1H. The molecule has 5 nitrogen and oxygen atoms in total. The highest BCUT2D eigenvalue weighted by atomic mass is 35.5. The molecular weight excluding hydrogens is 276 g/mol. The molecule has 1 aliphatic rings. The molecule has 0 aliphatic carbocycles. The summed E-state index contributed by atoms with van der Waals surface area (Å²) in [7, 11) is 0. The summed E-state index contributed by atoms with van der Waals surface area (Å²) in [6.07, 6.45) is -0.117. The summed E-state index contributed by atoms with van der Waals surface area (Å²) >= 11 is 1.70. The molecule has 7 heteroatoms. The zero-order valence-electron chi connectivity index (χ0n) is 10.9. The number of carbonyl (C=O) groups is 2.